The van der Waals surface area contributed by atoms with Gasteiger partial charge in [0.05, 0.1) is 16.2 Å². The molecule has 2 rings (SSSR count). The van der Waals surface area contributed by atoms with Gasteiger partial charge in [-0.2, -0.15) is 0 Å². The van der Waals surface area contributed by atoms with Crippen molar-refractivity contribution in [3.8, 4) is 0 Å². The smallest absolute Gasteiger partial charge is 0.337 e. The van der Waals surface area contributed by atoms with Crippen LogP contribution in [0.4, 0.5) is 0 Å². The number of thiophene rings is 1. The van der Waals surface area contributed by atoms with Crippen LogP contribution in [0.15, 0.2) is 15.3 Å². The van der Waals surface area contributed by atoms with Gasteiger partial charge in [0.1, 0.15) is 10.6 Å². The topological polar surface area (TPSA) is 100 Å². The second-order valence-electron chi connectivity index (χ2n) is 3.88. The zero-order valence-electron chi connectivity index (χ0n) is 10.1. The molecule has 100 valence electrons. The molecule has 0 saturated heterocycles. The second-order valence-corrected chi connectivity index (χ2v) is 6.06. The molecule has 0 aromatic carbocycles. The van der Waals surface area contributed by atoms with Gasteiger partial charge in [-0.25, -0.2) is 9.78 Å². The summed E-state index contributed by atoms with van der Waals surface area (Å²) in [4.78, 5) is 41.1. The number of nitrogens with zero attached hydrogens (tertiary/aromatic N) is 1. The molecule has 0 aliphatic rings. The van der Waals surface area contributed by atoms with Crippen LogP contribution in [-0.4, -0.2) is 32.1 Å². The number of hydrogen-bond donors (Lipinski definition) is 2. The Morgan fingerprint density at radius 2 is 2.21 bits per heavy atom. The number of rotatable bonds is 4. The lowest BCUT2D eigenvalue weighted by Crippen LogP contribution is -2.14. The van der Waals surface area contributed by atoms with E-state index in [0.29, 0.717) is 9.99 Å². The van der Waals surface area contributed by atoms with Crippen LogP contribution < -0.4 is 5.56 Å². The summed E-state index contributed by atoms with van der Waals surface area (Å²) in [5.41, 5.74) is -0.549. The number of nitrogens with one attached hydrogen (secondary N) is 1. The van der Waals surface area contributed by atoms with E-state index in [9.17, 15) is 14.4 Å². The SMILES string of the molecule is CC(=O)C(C)Sc1nc2scc(C(=O)O)c2c(=O)[nH]1. The van der Waals surface area contributed by atoms with Gasteiger partial charge in [-0.1, -0.05) is 11.8 Å². The number of carbonyl (C=O) groups excluding carboxylic acids is 1. The third kappa shape index (κ3) is 2.69. The van der Waals surface area contributed by atoms with Crippen LogP contribution in [0, 0.1) is 0 Å². The van der Waals surface area contributed by atoms with Crippen LogP contribution in [0.2, 0.25) is 0 Å². The van der Waals surface area contributed by atoms with E-state index in [1.807, 2.05) is 0 Å². The lowest BCUT2D eigenvalue weighted by molar-refractivity contribution is -0.116. The number of thioether (sulfide) groups is 1. The standard InChI is InChI=1S/C11H10N2O4S2/c1-4(14)5(2)19-11-12-8(15)7-6(10(16)17)3-18-9(7)13-11/h3,5H,1-2H3,(H,16,17)(H,12,13,15). The minimum atomic E-state index is -1.16. The maximum absolute atomic E-state index is 11.9. The minimum absolute atomic E-state index is 0.0230. The van der Waals surface area contributed by atoms with E-state index in [2.05, 4.69) is 9.97 Å². The van der Waals surface area contributed by atoms with E-state index < -0.39 is 11.5 Å². The Balaban J connectivity index is 2.49. The van der Waals surface area contributed by atoms with E-state index in [4.69, 9.17) is 5.11 Å². The molecular formula is C11H10N2O4S2. The fourth-order valence-corrected chi connectivity index (χ4v) is 3.16. The third-order valence-electron chi connectivity index (χ3n) is 2.51. The van der Waals surface area contributed by atoms with Gasteiger partial charge in [-0.15, -0.1) is 11.3 Å². The Bertz CT molecular complexity index is 719. The van der Waals surface area contributed by atoms with E-state index in [1.165, 1.54) is 12.3 Å². The maximum atomic E-state index is 11.9. The summed E-state index contributed by atoms with van der Waals surface area (Å²) in [6.45, 7) is 3.18. The number of H-pyrrole nitrogens is 1. The van der Waals surface area contributed by atoms with Crippen molar-refractivity contribution >= 4 is 45.1 Å². The Hall–Kier alpha value is -1.67. The summed E-state index contributed by atoms with van der Waals surface area (Å²) in [5, 5.41) is 10.4. The van der Waals surface area contributed by atoms with Crippen LogP contribution >= 0.6 is 23.1 Å². The van der Waals surface area contributed by atoms with E-state index in [0.717, 1.165) is 23.1 Å². The number of carboxylic acid groups (broad SMARTS) is 1. The number of carbonyl (C=O) groups is 2. The molecule has 0 bridgehead atoms. The molecule has 2 aromatic rings. The predicted octanol–water partition coefficient (Wildman–Crippen LogP) is 1.75. The fraction of sp³-hybridized carbons (Fsp3) is 0.273. The van der Waals surface area contributed by atoms with Gasteiger partial charge in [-0.05, 0) is 13.8 Å². The molecule has 1 atom stereocenters. The first-order valence-electron chi connectivity index (χ1n) is 5.32. The van der Waals surface area contributed by atoms with Crippen molar-refractivity contribution in [2.75, 3.05) is 0 Å². The number of aromatic amines is 1. The highest BCUT2D eigenvalue weighted by Crippen LogP contribution is 2.25. The summed E-state index contributed by atoms with van der Waals surface area (Å²) in [6, 6.07) is 0. The molecule has 8 heteroatoms. The van der Waals surface area contributed by atoms with Crippen molar-refractivity contribution in [1.82, 2.24) is 9.97 Å². The van der Waals surface area contributed by atoms with E-state index in [1.54, 1.807) is 6.92 Å². The molecule has 0 spiro atoms. The zero-order valence-corrected chi connectivity index (χ0v) is 11.7. The van der Waals surface area contributed by atoms with E-state index >= 15 is 0 Å². The molecule has 0 aliphatic heterocycles. The van der Waals surface area contributed by atoms with Crippen molar-refractivity contribution in [2.45, 2.75) is 24.3 Å². The predicted molar refractivity (Wildman–Crippen MR) is 73.2 cm³/mol. The van der Waals surface area contributed by atoms with Crippen molar-refractivity contribution < 1.29 is 14.7 Å². The van der Waals surface area contributed by atoms with Crippen molar-refractivity contribution in [1.29, 1.82) is 0 Å². The highest BCUT2D eigenvalue weighted by atomic mass is 32.2. The molecular weight excluding hydrogens is 288 g/mol. The summed E-state index contributed by atoms with van der Waals surface area (Å²) in [7, 11) is 0. The summed E-state index contributed by atoms with van der Waals surface area (Å²) in [5.74, 6) is -1.18. The van der Waals surface area contributed by atoms with Crippen LogP contribution in [0.5, 0.6) is 0 Å². The average Bonchev–Trinajstić information content (AvgIpc) is 2.73. The van der Waals surface area contributed by atoms with Gasteiger partial charge in [-0.3, -0.25) is 9.59 Å². The monoisotopic (exact) mass is 298 g/mol. The molecule has 2 N–H and O–H groups in total. The number of fused-ring (bicyclic) bond motifs is 1. The maximum Gasteiger partial charge on any atom is 0.337 e. The quantitative estimate of drug-likeness (QED) is 0.659. The number of aromatic nitrogens is 2. The number of Topliss-reactive ketones (excluding diaryl/α,β-unsaturated/α-hetero) is 1. The number of aromatic carboxylic acids is 1. The van der Waals surface area contributed by atoms with Crippen LogP contribution in [-0.2, 0) is 4.79 Å². The Morgan fingerprint density at radius 1 is 1.53 bits per heavy atom. The third-order valence-corrected chi connectivity index (χ3v) is 4.49. The molecule has 0 aliphatic carbocycles. The van der Waals surface area contributed by atoms with Gasteiger partial charge in [0.25, 0.3) is 5.56 Å². The zero-order chi connectivity index (χ0) is 14.2. The molecule has 0 radical (unpaired) electrons. The van der Waals surface area contributed by atoms with Crippen LogP contribution in [0.25, 0.3) is 10.2 Å². The first-order chi connectivity index (χ1) is 8.90. The van der Waals surface area contributed by atoms with Gasteiger partial charge in [0.2, 0.25) is 0 Å². The normalized spacial score (nSPS) is 12.5. The molecule has 2 heterocycles. The van der Waals surface area contributed by atoms with Gasteiger partial charge >= 0.3 is 5.97 Å². The highest BCUT2D eigenvalue weighted by Gasteiger charge is 2.18. The first kappa shape index (κ1) is 13.8. The molecule has 19 heavy (non-hydrogen) atoms. The van der Waals surface area contributed by atoms with Gasteiger partial charge < -0.3 is 10.1 Å². The molecule has 0 fully saturated rings. The summed E-state index contributed by atoms with van der Waals surface area (Å²) >= 11 is 2.24. The largest absolute Gasteiger partial charge is 0.478 e. The summed E-state index contributed by atoms with van der Waals surface area (Å²) in [6.07, 6.45) is 0. The van der Waals surface area contributed by atoms with Crippen molar-refractivity contribution in [2.24, 2.45) is 0 Å². The van der Waals surface area contributed by atoms with Gasteiger partial charge in [0, 0.05) is 5.38 Å². The number of hydrogen-bond acceptors (Lipinski definition) is 6. The second kappa shape index (κ2) is 5.14. The molecule has 6 nitrogen and oxygen atoms in total. The van der Waals surface area contributed by atoms with Crippen molar-refractivity contribution in [3.63, 3.8) is 0 Å². The lowest BCUT2D eigenvalue weighted by atomic mass is 10.2. The molecule has 2 aromatic heterocycles. The van der Waals surface area contributed by atoms with Crippen LogP contribution in [0.3, 0.4) is 0 Å². The minimum Gasteiger partial charge on any atom is -0.478 e. The molecule has 1 unspecified atom stereocenters. The average molecular weight is 298 g/mol. The lowest BCUT2D eigenvalue weighted by Gasteiger charge is -2.05. The Morgan fingerprint density at radius 3 is 2.79 bits per heavy atom. The Labute approximate surface area is 115 Å². The van der Waals surface area contributed by atoms with E-state index in [-0.39, 0.29) is 22.0 Å². The Kier molecular flexibility index (Phi) is 3.72. The summed E-state index contributed by atoms with van der Waals surface area (Å²) < 4.78 is 0. The number of carboxylic acids is 1. The highest BCUT2D eigenvalue weighted by molar-refractivity contribution is 8.00. The number of ketones is 1. The first-order valence-corrected chi connectivity index (χ1v) is 7.08. The van der Waals surface area contributed by atoms with Crippen LogP contribution in [0.1, 0.15) is 24.2 Å². The van der Waals surface area contributed by atoms with Gasteiger partial charge in [0.15, 0.2) is 5.16 Å². The van der Waals surface area contributed by atoms with Crippen molar-refractivity contribution in [3.05, 3.63) is 21.3 Å². The molecule has 0 saturated carbocycles. The molecule has 0 amide bonds. The fourth-order valence-electron chi connectivity index (χ4n) is 1.39.